The highest BCUT2D eigenvalue weighted by atomic mass is 16.5. The maximum absolute atomic E-state index is 10.7. The molecule has 0 heterocycles. The van der Waals surface area contributed by atoms with E-state index in [9.17, 15) is 15.3 Å². The predicted octanol–water partition coefficient (Wildman–Crippen LogP) is 5.82. The molecule has 0 saturated carbocycles. The third-order valence-electron chi connectivity index (χ3n) is 5.40. The van der Waals surface area contributed by atoms with Gasteiger partial charge in [0.25, 0.3) is 0 Å². The minimum atomic E-state index is -0.699. The zero-order valence-electron chi connectivity index (χ0n) is 18.6. The lowest BCUT2D eigenvalue weighted by molar-refractivity contribution is 0.0285. The molecule has 4 heteroatoms. The van der Waals surface area contributed by atoms with E-state index < -0.39 is 12.2 Å². The Kier molecular flexibility index (Phi) is 9.09. The number of aromatic hydroxyl groups is 1. The maximum Gasteiger partial charge on any atom is 0.123 e. The number of phenolic OH excluding ortho intramolecular Hbond substituents is 1. The van der Waals surface area contributed by atoms with Crippen molar-refractivity contribution in [2.45, 2.75) is 51.4 Å². The number of hydrogen-bond donors (Lipinski definition) is 3. The Bertz CT molecular complexity index is 1050. The van der Waals surface area contributed by atoms with Gasteiger partial charge < -0.3 is 20.1 Å². The summed E-state index contributed by atoms with van der Waals surface area (Å²) in [6, 6.07) is 20.8. The summed E-state index contributed by atoms with van der Waals surface area (Å²) in [5.74, 6) is 0.209. The molecule has 0 radical (unpaired) electrons. The molecule has 3 aromatic carbocycles. The summed E-state index contributed by atoms with van der Waals surface area (Å²) in [4.78, 5) is 0. The molecular formula is C28H32O4. The van der Waals surface area contributed by atoms with E-state index >= 15 is 0 Å². The fourth-order valence-electron chi connectivity index (χ4n) is 3.80. The van der Waals surface area contributed by atoms with Crippen LogP contribution in [0, 0.1) is 0 Å². The van der Waals surface area contributed by atoms with Crippen LogP contribution in [0.25, 0.3) is 10.8 Å². The van der Waals surface area contributed by atoms with Crippen LogP contribution in [0.5, 0.6) is 5.75 Å². The lowest BCUT2D eigenvalue weighted by Crippen LogP contribution is -2.16. The van der Waals surface area contributed by atoms with Gasteiger partial charge in [0.05, 0.1) is 25.4 Å². The molecule has 3 rings (SSSR count). The Balaban J connectivity index is 1.60. The number of hydrogen-bond acceptors (Lipinski definition) is 4. The van der Waals surface area contributed by atoms with E-state index in [-0.39, 0.29) is 12.4 Å². The lowest BCUT2D eigenvalue weighted by atomic mass is 9.97. The van der Waals surface area contributed by atoms with E-state index in [0.717, 1.165) is 40.3 Å². The van der Waals surface area contributed by atoms with Crippen molar-refractivity contribution < 1.29 is 20.1 Å². The van der Waals surface area contributed by atoms with E-state index in [1.807, 2.05) is 60.7 Å². The van der Waals surface area contributed by atoms with Gasteiger partial charge in [0.15, 0.2) is 0 Å². The molecule has 0 aliphatic carbocycles. The molecule has 168 valence electrons. The quantitative estimate of drug-likeness (QED) is 0.334. The zero-order valence-corrected chi connectivity index (χ0v) is 18.6. The highest BCUT2D eigenvalue weighted by Gasteiger charge is 2.12. The molecule has 32 heavy (non-hydrogen) atoms. The minimum absolute atomic E-state index is 0.209. The van der Waals surface area contributed by atoms with E-state index in [4.69, 9.17) is 4.74 Å². The maximum atomic E-state index is 10.7. The van der Waals surface area contributed by atoms with Gasteiger partial charge in [0, 0.05) is 18.2 Å². The third-order valence-corrected chi connectivity index (χ3v) is 5.40. The molecule has 0 aliphatic heterocycles. The van der Waals surface area contributed by atoms with Crippen molar-refractivity contribution in [1.82, 2.24) is 0 Å². The van der Waals surface area contributed by atoms with Crippen LogP contribution in [0.15, 0.2) is 84.1 Å². The van der Waals surface area contributed by atoms with Crippen molar-refractivity contribution in [3.05, 3.63) is 95.2 Å². The van der Waals surface area contributed by atoms with E-state index in [1.165, 1.54) is 0 Å². The van der Waals surface area contributed by atoms with Gasteiger partial charge >= 0.3 is 0 Å². The molecular weight excluding hydrogens is 400 g/mol. The summed E-state index contributed by atoms with van der Waals surface area (Å²) in [6.45, 7) is 2.84. The van der Waals surface area contributed by atoms with Crippen molar-refractivity contribution >= 4 is 10.8 Å². The van der Waals surface area contributed by atoms with Gasteiger partial charge in [-0.05, 0) is 40.6 Å². The highest BCUT2D eigenvalue weighted by Crippen LogP contribution is 2.32. The molecule has 0 aromatic heterocycles. The number of benzene rings is 3. The van der Waals surface area contributed by atoms with E-state index in [0.29, 0.717) is 19.4 Å². The average Bonchev–Trinajstić information content (AvgIpc) is 2.80. The number of rotatable bonds is 11. The van der Waals surface area contributed by atoms with Crippen LogP contribution < -0.4 is 0 Å². The molecule has 0 unspecified atom stereocenters. The SMILES string of the molecule is CCCC(=C=CC[C@@H](O)c1ccc(O)c2ccccc12)C[C@@H](O)COCc1ccccc1. The molecule has 0 aliphatic rings. The largest absolute Gasteiger partial charge is 0.507 e. The zero-order chi connectivity index (χ0) is 22.8. The minimum Gasteiger partial charge on any atom is -0.507 e. The molecule has 0 fully saturated rings. The van der Waals surface area contributed by atoms with E-state index in [1.54, 1.807) is 12.1 Å². The molecule has 0 bridgehead atoms. The summed E-state index contributed by atoms with van der Waals surface area (Å²) < 4.78 is 5.65. The van der Waals surface area contributed by atoms with Crippen molar-refractivity contribution in [2.75, 3.05) is 6.61 Å². The fraction of sp³-hybridized carbons (Fsp3) is 0.321. The second kappa shape index (κ2) is 12.2. The number of aliphatic hydroxyl groups excluding tert-OH is 2. The van der Waals surface area contributed by atoms with Crippen LogP contribution in [0.4, 0.5) is 0 Å². The first-order valence-corrected chi connectivity index (χ1v) is 11.2. The summed E-state index contributed by atoms with van der Waals surface area (Å²) >= 11 is 0. The van der Waals surface area contributed by atoms with Gasteiger partial charge in [-0.25, -0.2) is 0 Å². The van der Waals surface area contributed by atoms with Crippen molar-refractivity contribution in [3.63, 3.8) is 0 Å². The van der Waals surface area contributed by atoms with Crippen LogP contribution in [-0.2, 0) is 11.3 Å². The number of aliphatic hydroxyl groups is 2. The molecule has 0 saturated heterocycles. The Labute approximate surface area is 190 Å². The second-order valence-corrected chi connectivity index (χ2v) is 8.03. The fourth-order valence-corrected chi connectivity index (χ4v) is 3.80. The van der Waals surface area contributed by atoms with Gasteiger partial charge in [-0.2, -0.15) is 0 Å². The van der Waals surface area contributed by atoms with Crippen LogP contribution >= 0.6 is 0 Å². The summed E-state index contributed by atoms with van der Waals surface area (Å²) in [5, 5.41) is 32.7. The first-order valence-electron chi connectivity index (χ1n) is 11.2. The Hall–Kier alpha value is -2.88. The molecule has 0 amide bonds. The Morgan fingerprint density at radius 1 is 0.969 bits per heavy atom. The molecule has 3 aromatic rings. The number of phenols is 1. The highest BCUT2D eigenvalue weighted by molar-refractivity contribution is 5.91. The first kappa shape index (κ1) is 23.8. The molecule has 2 atom stereocenters. The predicted molar refractivity (Wildman–Crippen MR) is 128 cm³/mol. The van der Waals surface area contributed by atoms with Crippen molar-refractivity contribution in [2.24, 2.45) is 0 Å². The monoisotopic (exact) mass is 432 g/mol. The number of ether oxygens (including phenoxy) is 1. The summed E-state index contributed by atoms with van der Waals surface area (Å²) in [6.07, 6.45) is 3.25. The number of fused-ring (bicyclic) bond motifs is 1. The van der Waals surface area contributed by atoms with Gasteiger partial charge in [0.2, 0.25) is 0 Å². The van der Waals surface area contributed by atoms with Gasteiger partial charge in [-0.1, -0.05) is 74.0 Å². The standard InChI is InChI=1S/C28H32O4/c1-2-9-21(18-23(29)20-32-19-22-10-4-3-5-11-22)12-8-15-27(30)26-16-17-28(31)25-14-7-6-13-24(25)26/h3-8,10-11,13-14,16-17,23,27,29-31H,2,9,15,18-20H2,1H3/t12?,23-,27-/m1/s1. The summed E-state index contributed by atoms with van der Waals surface area (Å²) in [5.41, 5.74) is 6.17. The summed E-state index contributed by atoms with van der Waals surface area (Å²) in [7, 11) is 0. The topological polar surface area (TPSA) is 69.9 Å². The normalized spacial score (nSPS) is 12.8. The van der Waals surface area contributed by atoms with Crippen LogP contribution in [0.2, 0.25) is 0 Å². The second-order valence-electron chi connectivity index (χ2n) is 8.03. The first-order chi connectivity index (χ1) is 15.6. The van der Waals surface area contributed by atoms with E-state index in [2.05, 4.69) is 12.7 Å². The van der Waals surface area contributed by atoms with Crippen LogP contribution in [0.3, 0.4) is 0 Å². The molecule has 4 nitrogen and oxygen atoms in total. The molecule has 0 spiro atoms. The molecule has 3 N–H and O–H groups in total. The van der Waals surface area contributed by atoms with Crippen LogP contribution in [0.1, 0.15) is 49.8 Å². The van der Waals surface area contributed by atoms with Gasteiger partial charge in [-0.3, -0.25) is 0 Å². The Morgan fingerprint density at radius 3 is 2.44 bits per heavy atom. The van der Waals surface area contributed by atoms with Gasteiger partial charge in [0.1, 0.15) is 5.75 Å². The lowest BCUT2D eigenvalue weighted by Gasteiger charge is -2.13. The Morgan fingerprint density at radius 2 is 1.69 bits per heavy atom. The van der Waals surface area contributed by atoms with Crippen molar-refractivity contribution in [1.29, 1.82) is 0 Å². The van der Waals surface area contributed by atoms with Crippen molar-refractivity contribution in [3.8, 4) is 5.75 Å². The smallest absolute Gasteiger partial charge is 0.123 e. The van der Waals surface area contributed by atoms with Gasteiger partial charge in [-0.15, -0.1) is 5.73 Å². The van der Waals surface area contributed by atoms with Crippen LogP contribution in [-0.4, -0.2) is 28.0 Å². The average molecular weight is 433 g/mol. The third kappa shape index (κ3) is 6.81.